The van der Waals surface area contributed by atoms with Crippen molar-refractivity contribution in [2.75, 3.05) is 20.7 Å². The van der Waals surface area contributed by atoms with Gasteiger partial charge in [0.1, 0.15) is 6.10 Å². The molecule has 1 aromatic carbocycles. The van der Waals surface area contributed by atoms with Crippen LogP contribution in [0.1, 0.15) is 36.8 Å². The van der Waals surface area contributed by atoms with E-state index < -0.39 is 5.60 Å². The number of likely N-dealkylation sites (tertiary alicyclic amines) is 1. The molecule has 2 bridgehead atoms. The smallest absolute Gasteiger partial charge is 0.165 e. The third kappa shape index (κ3) is 1.21. The summed E-state index contributed by atoms with van der Waals surface area (Å²) in [5, 5.41) is 11.8. The Kier molecular flexibility index (Phi) is 2.39. The Labute approximate surface area is 131 Å². The number of likely N-dealkylation sites (N-methyl/N-ethyl adjacent to an activating group) is 1. The van der Waals surface area contributed by atoms with E-state index in [1.54, 1.807) is 7.11 Å². The summed E-state index contributed by atoms with van der Waals surface area (Å²) in [6, 6.07) is 4.42. The fraction of sp³-hybridized carbons (Fsp3) is 0.667. The van der Waals surface area contributed by atoms with Gasteiger partial charge in [-0.25, -0.2) is 0 Å². The lowest BCUT2D eigenvalue weighted by molar-refractivity contribution is -0.180. The second kappa shape index (κ2) is 3.98. The molecule has 0 aromatic heterocycles. The third-order valence-corrected chi connectivity index (χ3v) is 6.84. The zero-order chi connectivity index (χ0) is 15.1. The molecule has 2 aliphatic carbocycles. The van der Waals surface area contributed by atoms with Gasteiger partial charge in [-0.15, -0.1) is 0 Å². The van der Waals surface area contributed by atoms with Gasteiger partial charge in [0.25, 0.3) is 0 Å². The number of hydrogen-bond acceptors (Lipinski definition) is 4. The van der Waals surface area contributed by atoms with Gasteiger partial charge in [0, 0.05) is 11.6 Å². The van der Waals surface area contributed by atoms with E-state index in [9.17, 15) is 5.11 Å². The van der Waals surface area contributed by atoms with Crippen LogP contribution >= 0.6 is 0 Å². The number of hydrogen-bond donors (Lipinski definition) is 1. The highest BCUT2D eigenvalue weighted by molar-refractivity contribution is 5.62. The van der Waals surface area contributed by atoms with Gasteiger partial charge in [0.2, 0.25) is 0 Å². The quantitative estimate of drug-likeness (QED) is 0.860. The van der Waals surface area contributed by atoms with Crippen LogP contribution in [0.25, 0.3) is 0 Å². The predicted octanol–water partition coefficient (Wildman–Crippen LogP) is 1.87. The molecule has 4 atom stereocenters. The van der Waals surface area contributed by atoms with Crippen molar-refractivity contribution in [2.24, 2.45) is 0 Å². The van der Waals surface area contributed by atoms with E-state index in [-0.39, 0.29) is 17.6 Å². The van der Waals surface area contributed by atoms with Crippen LogP contribution in [0.5, 0.6) is 11.5 Å². The van der Waals surface area contributed by atoms with Crippen LogP contribution in [0, 0.1) is 0 Å². The lowest BCUT2D eigenvalue weighted by Gasteiger charge is -2.62. The number of methoxy groups -OCH3 is 1. The molecule has 4 heteroatoms. The van der Waals surface area contributed by atoms with Crippen molar-refractivity contribution in [1.29, 1.82) is 0 Å². The summed E-state index contributed by atoms with van der Waals surface area (Å²) in [6.45, 7) is 1.03. The summed E-state index contributed by atoms with van der Waals surface area (Å²) in [6.07, 6.45) is 4.96. The molecule has 2 aliphatic heterocycles. The summed E-state index contributed by atoms with van der Waals surface area (Å²) < 4.78 is 11.9. The molecule has 1 saturated carbocycles. The minimum Gasteiger partial charge on any atom is -0.493 e. The summed E-state index contributed by atoms with van der Waals surface area (Å²) in [5.41, 5.74) is 1.73. The molecular formula is C18H23NO3. The lowest BCUT2D eigenvalue weighted by Crippen LogP contribution is -2.74. The molecule has 1 aromatic rings. The Morgan fingerprint density at radius 3 is 3.05 bits per heavy atom. The fourth-order valence-corrected chi connectivity index (χ4v) is 5.90. The van der Waals surface area contributed by atoms with Gasteiger partial charge in [-0.3, -0.25) is 0 Å². The minimum atomic E-state index is -0.659. The van der Waals surface area contributed by atoms with Crippen LogP contribution in [0.15, 0.2) is 12.1 Å². The second-order valence-corrected chi connectivity index (χ2v) is 7.48. The van der Waals surface area contributed by atoms with Gasteiger partial charge >= 0.3 is 0 Å². The molecule has 1 saturated heterocycles. The van der Waals surface area contributed by atoms with Crippen LogP contribution in [-0.4, -0.2) is 48.5 Å². The zero-order valence-corrected chi connectivity index (χ0v) is 13.3. The number of benzene rings is 1. The summed E-state index contributed by atoms with van der Waals surface area (Å²) in [7, 11) is 3.86. The van der Waals surface area contributed by atoms with E-state index in [0.29, 0.717) is 0 Å². The summed E-state index contributed by atoms with van der Waals surface area (Å²) >= 11 is 0. The van der Waals surface area contributed by atoms with E-state index in [1.807, 2.05) is 6.07 Å². The van der Waals surface area contributed by atoms with Crippen LogP contribution < -0.4 is 9.47 Å². The van der Waals surface area contributed by atoms with Crippen LogP contribution in [0.3, 0.4) is 0 Å². The first kappa shape index (κ1) is 13.2. The standard InChI is InChI=1S/C18H23NO3/c1-19-9-8-17-14-4-3-7-18(17,20)13(19)10-11-5-6-12(21-2)16(22-14)15(11)17/h5-6,13-14,20H,3-4,7-10H2,1-2H3/t13-,14+,17-,18?/m0/s1. The molecule has 1 spiro atoms. The molecule has 4 nitrogen and oxygen atoms in total. The SMILES string of the molecule is COc1ccc2c3c1O[C@@H]1CCCC4(O)[C@H](C2)N(C)CC[C@@]314. The molecule has 22 heavy (non-hydrogen) atoms. The Bertz CT molecular complexity index is 660. The Hall–Kier alpha value is -1.26. The second-order valence-electron chi connectivity index (χ2n) is 7.48. The number of nitrogens with zero attached hydrogens (tertiary/aromatic N) is 1. The van der Waals surface area contributed by atoms with Crippen LogP contribution in [0.4, 0.5) is 0 Å². The first-order valence-electron chi connectivity index (χ1n) is 8.41. The van der Waals surface area contributed by atoms with Crippen LogP contribution in [-0.2, 0) is 11.8 Å². The maximum Gasteiger partial charge on any atom is 0.165 e. The van der Waals surface area contributed by atoms with E-state index in [4.69, 9.17) is 9.47 Å². The molecule has 118 valence electrons. The number of ether oxygens (including phenoxy) is 2. The van der Waals surface area contributed by atoms with Crippen molar-refractivity contribution in [2.45, 2.75) is 55.3 Å². The van der Waals surface area contributed by atoms with Gasteiger partial charge in [-0.05, 0) is 57.3 Å². The van der Waals surface area contributed by atoms with Crippen molar-refractivity contribution >= 4 is 0 Å². The zero-order valence-electron chi connectivity index (χ0n) is 13.3. The topological polar surface area (TPSA) is 41.9 Å². The van der Waals surface area contributed by atoms with Crippen molar-refractivity contribution in [3.63, 3.8) is 0 Å². The Balaban J connectivity index is 1.84. The monoisotopic (exact) mass is 301 g/mol. The van der Waals surface area contributed by atoms with E-state index in [0.717, 1.165) is 50.1 Å². The van der Waals surface area contributed by atoms with Gasteiger partial charge < -0.3 is 19.5 Å². The molecule has 0 amide bonds. The number of piperidine rings is 1. The van der Waals surface area contributed by atoms with Crippen LogP contribution in [0.2, 0.25) is 0 Å². The van der Waals surface area contributed by atoms with Gasteiger partial charge in [0.05, 0.1) is 18.1 Å². The Morgan fingerprint density at radius 1 is 1.36 bits per heavy atom. The van der Waals surface area contributed by atoms with Crippen molar-refractivity contribution in [3.8, 4) is 11.5 Å². The fourth-order valence-electron chi connectivity index (χ4n) is 5.90. The molecule has 4 aliphatic rings. The average molecular weight is 301 g/mol. The van der Waals surface area contributed by atoms with Gasteiger partial charge in [-0.2, -0.15) is 0 Å². The first-order chi connectivity index (χ1) is 10.6. The molecule has 0 radical (unpaired) electrons. The maximum absolute atomic E-state index is 11.8. The maximum atomic E-state index is 11.8. The highest BCUT2D eigenvalue weighted by atomic mass is 16.5. The molecule has 2 fully saturated rings. The number of rotatable bonds is 1. The predicted molar refractivity (Wildman–Crippen MR) is 82.6 cm³/mol. The third-order valence-electron chi connectivity index (χ3n) is 6.84. The summed E-state index contributed by atoms with van der Waals surface area (Å²) in [4.78, 5) is 2.36. The number of aliphatic hydroxyl groups is 1. The van der Waals surface area contributed by atoms with E-state index >= 15 is 0 Å². The van der Waals surface area contributed by atoms with Crippen molar-refractivity contribution in [1.82, 2.24) is 4.90 Å². The highest BCUT2D eigenvalue weighted by Crippen LogP contribution is 2.65. The average Bonchev–Trinajstić information content (AvgIpc) is 2.85. The molecular weight excluding hydrogens is 278 g/mol. The largest absolute Gasteiger partial charge is 0.493 e. The minimum absolute atomic E-state index is 0.104. The molecule has 1 unspecified atom stereocenters. The van der Waals surface area contributed by atoms with Gasteiger partial charge in [0.15, 0.2) is 11.5 Å². The van der Waals surface area contributed by atoms with Gasteiger partial charge in [-0.1, -0.05) is 6.07 Å². The van der Waals surface area contributed by atoms with Crippen molar-refractivity contribution < 1.29 is 14.6 Å². The lowest BCUT2D eigenvalue weighted by atomic mass is 9.49. The molecule has 1 N–H and O–H groups in total. The molecule has 5 rings (SSSR count). The van der Waals surface area contributed by atoms with E-state index in [2.05, 4.69) is 18.0 Å². The molecule has 2 heterocycles. The Morgan fingerprint density at radius 2 is 2.23 bits per heavy atom. The van der Waals surface area contributed by atoms with E-state index in [1.165, 1.54) is 11.1 Å². The first-order valence-corrected chi connectivity index (χ1v) is 8.41. The van der Waals surface area contributed by atoms with Crippen molar-refractivity contribution in [3.05, 3.63) is 23.3 Å². The highest BCUT2D eigenvalue weighted by Gasteiger charge is 2.70. The summed E-state index contributed by atoms with van der Waals surface area (Å²) in [5.74, 6) is 1.73. The normalized spacial score (nSPS) is 41.8.